The van der Waals surface area contributed by atoms with Crippen LogP contribution in [0.4, 0.5) is 0 Å². The highest BCUT2D eigenvalue weighted by Crippen LogP contribution is 2.21. The van der Waals surface area contributed by atoms with Gasteiger partial charge in [0.25, 0.3) is 0 Å². The number of rotatable bonds is 4. The Morgan fingerprint density at radius 1 is 1.23 bits per heavy atom. The fourth-order valence-electron chi connectivity index (χ4n) is 2.81. The predicted octanol–water partition coefficient (Wildman–Crippen LogP) is 3.88. The molecule has 1 aliphatic rings. The molecule has 3 rings (SSSR count). The number of nitrogens with zero attached hydrogens (tertiary/aromatic N) is 3. The van der Waals surface area contributed by atoms with E-state index in [1.807, 2.05) is 56.0 Å². The molecule has 1 aliphatic heterocycles. The van der Waals surface area contributed by atoms with Crippen LogP contribution in [0, 0.1) is 5.41 Å². The molecule has 1 aromatic carbocycles. The van der Waals surface area contributed by atoms with E-state index in [0.29, 0.717) is 24.7 Å². The average Bonchev–Trinajstić information content (AvgIpc) is 3.11. The lowest BCUT2D eigenvalue weighted by Gasteiger charge is -2.32. The summed E-state index contributed by atoms with van der Waals surface area (Å²) in [6.07, 6.45) is 3.08. The van der Waals surface area contributed by atoms with Gasteiger partial charge in [-0.2, -0.15) is 0 Å². The molecular formula is C20H25N3O3. The van der Waals surface area contributed by atoms with E-state index >= 15 is 0 Å². The van der Waals surface area contributed by atoms with Crippen molar-refractivity contribution in [2.24, 2.45) is 10.6 Å². The Balaban J connectivity index is 1.48. The van der Waals surface area contributed by atoms with E-state index in [2.05, 4.69) is 10.1 Å². The van der Waals surface area contributed by atoms with Gasteiger partial charge in [-0.05, 0) is 12.1 Å². The summed E-state index contributed by atoms with van der Waals surface area (Å²) in [5, 5.41) is 4.21. The number of hydrogen-bond acceptors (Lipinski definition) is 5. The standard InChI is InChI=1S/C20H25N3O3/c1-20(2,3)19(24)23-11-9-16(10-12-23)22-26-14-17-13-25-18(21-17)15-7-5-4-6-8-15/h4-8,13H,9-12,14H2,1-3H3. The van der Waals surface area contributed by atoms with Crippen LogP contribution >= 0.6 is 0 Å². The Morgan fingerprint density at radius 3 is 2.58 bits per heavy atom. The number of amides is 1. The molecule has 2 heterocycles. The van der Waals surface area contributed by atoms with Gasteiger partial charge in [0, 0.05) is 36.9 Å². The summed E-state index contributed by atoms with van der Waals surface area (Å²) in [7, 11) is 0. The zero-order chi connectivity index (χ0) is 18.6. The normalized spacial score (nSPS) is 15.0. The third-order valence-corrected chi connectivity index (χ3v) is 4.25. The third-order valence-electron chi connectivity index (χ3n) is 4.25. The van der Waals surface area contributed by atoms with Gasteiger partial charge in [0.15, 0.2) is 6.61 Å². The maximum Gasteiger partial charge on any atom is 0.227 e. The number of carbonyl (C=O) groups excluding carboxylic acids is 1. The summed E-state index contributed by atoms with van der Waals surface area (Å²) in [6, 6.07) is 9.73. The number of oxime groups is 1. The molecule has 6 nitrogen and oxygen atoms in total. The van der Waals surface area contributed by atoms with E-state index in [9.17, 15) is 4.79 Å². The molecule has 0 atom stereocenters. The van der Waals surface area contributed by atoms with Gasteiger partial charge >= 0.3 is 0 Å². The number of benzene rings is 1. The maximum absolute atomic E-state index is 12.3. The SMILES string of the molecule is CC(C)(C)C(=O)N1CCC(=NOCc2coc(-c3ccccc3)n2)CC1. The first-order valence-electron chi connectivity index (χ1n) is 8.90. The van der Waals surface area contributed by atoms with Crippen molar-refractivity contribution in [3.8, 4) is 11.5 Å². The minimum absolute atomic E-state index is 0.188. The van der Waals surface area contributed by atoms with Crippen LogP contribution in [0.1, 0.15) is 39.3 Å². The summed E-state index contributed by atoms with van der Waals surface area (Å²) < 4.78 is 5.48. The average molecular weight is 355 g/mol. The van der Waals surface area contributed by atoms with Crippen LogP contribution in [0.3, 0.4) is 0 Å². The molecule has 1 fully saturated rings. The molecule has 2 aromatic rings. The van der Waals surface area contributed by atoms with E-state index in [1.54, 1.807) is 6.26 Å². The number of likely N-dealkylation sites (tertiary alicyclic amines) is 1. The van der Waals surface area contributed by atoms with Crippen LogP contribution in [-0.2, 0) is 16.2 Å². The first kappa shape index (κ1) is 18.2. The molecule has 26 heavy (non-hydrogen) atoms. The van der Waals surface area contributed by atoms with E-state index in [4.69, 9.17) is 9.25 Å². The topological polar surface area (TPSA) is 67.9 Å². The van der Waals surface area contributed by atoms with Gasteiger partial charge < -0.3 is 14.2 Å². The van der Waals surface area contributed by atoms with Crippen molar-refractivity contribution in [3.63, 3.8) is 0 Å². The molecular weight excluding hydrogens is 330 g/mol. The van der Waals surface area contributed by atoms with Crippen molar-refractivity contribution in [3.05, 3.63) is 42.3 Å². The third kappa shape index (κ3) is 4.50. The van der Waals surface area contributed by atoms with Gasteiger partial charge in [-0.25, -0.2) is 4.98 Å². The van der Waals surface area contributed by atoms with Crippen molar-refractivity contribution < 1.29 is 14.0 Å². The molecule has 1 saturated heterocycles. The van der Waals surface area contributed by atoms with Gasteiger partial charge in [-0.1, -0.05) is 44.1 Å². The van der Waals surface area contributed by atoms with Crippen LogP contribution in [-0.4, -0.2) is 34.6 Å². The van der Waals surface area contributed by atoms with Gasteiger partial charge in [-0.15, -0.1) is 0 Å². The second-order valence-corrected chi connectivity index (χ2v) is 7.48. The summed E-state index contributed by atoms with van der Waals surface area (Å²) >= 11 is 0. The van der Waals surface area contributed by atoms with Gasteiger partial charge in [0.05, 0.1) is 5.71 Å². The van der Waals surface area contributed by atoms with E-state index in [-0.39, 0.29) is 17.9 Å². The number of carbonyl (C=O) groups is 1. The minimum Gasteiger partial charge on any atom is -0.444 e. The molecule has 6 heteroatoms. The van der Waals surface area contributed by atoms with Crippen LogP contribution in [0.5, 0.6) is 0 Å². The number of hydrogen-bond donors (Lipinski definition) is 0. The van der Waals surface area contributed by atoms with Crippen molar-refractivity contribution >= 4 is 11.6 Å². The van der Waals surface area contributed by atoms with Crippen LogP contribution in [0.15, 0.2) is 46.2 Å². The quantitative estimate of drug-likeness (QED) is 0.781. The molecule has 0 spiro atoms. The molecule has 138 valence electrons. The van der Waals surface area contributed by atoms with E-state index < -0.39 is 0 Å². The van der Waals surface area contributed by atoms with Gasteiger partial charge in [0.1, 0.15) is 12.0 Å². The largest absolute Gasteiger partial charge is 0.444 e. The van der Waals surface area contributed by atoms with Crippen molar-refractivity contribution in [1.29, 1.82) is 0 Å². The summed E-state index contributed by atoms with van der Waals surface area (Å²) in [4.78, 5) is 24.0. The Labute approximate surface area is 153 Å². The highest BCUT2D eigenvalue weighted by atomic mass is 16.6. The lowest BCUT2D eigenvalue weighted by molar-refractivity contribution is -0.139. The first-order chi connectivity index (χ1) is 12.4. The minimum atomic E-state index is -0.339. The molecule has 1 aromatic heterocycles. The monoisotopic (exact) mass is 355 g/mol. The fraction of sp³-hybridized carbons (Fsp3) is 0.450. The maximum atomic E-state index is 12.3. The van der Waals surface area contributed by atoms with Crippen molar-refractivity contribution in [1.82, 2.24) is 9.88 Å². The molecule has 0 unspecified atom stereocenters. The molecule has 0 radical (unpaired) electrons. The zero-order valence-corrected chi connectivity index (χ0v) is 15.6. The fourth-order valence-corrected chi connectivity index (χ4v) is 2.81. The molecule has 0 aliphatic carbocycles. The van der Waals surface area contributed by atoms with Crippen molar-refractivity contribution in [2.75, 3.05) is 13.1 Å². The van der Waals surface area contributed by atoms with E-state index in [1.165, 1.54) is 0 Å². The summed E-state index contributed by atoms with van der Waals surface area (Å²) in [5.74, 6) is 0.763. The number of oxazole rings is 1. The lowest BCUT2D eigenvalue weighted by Crippen LogP contribution is -2.44. The van der Waals surface area contributed by atoms with Gasteiger partial charge in [-0.3, -0.25) is 4.79 Å². The van der Waals surface area contributed by atoms with Crippen LogP contribution in [0.25, 0.3) is 11.5 Å². The number of aromatic nitrogens is 1. The summed E-state index contributed by atoms with van der Waals surface area (Å²) in [5.41, 5.74) is 2.28. The van der Waals surface area contributed by atoms with Crippen molar-refractivity contribution in [2.45, 2.75) is 40.2 Å². The smallest absolute Gasteiger partial charge is 0.227 e. The highest BCUT2D eigenvalue weighted by Gasteiger charge is 2.29. The second kappa shape index (κ2) is 7.72. The van der Waals surface area contributed by atoms with Crippen LogP contribution < -0.4 is 0 Å². The first-order valence-corrected chi connectivity index (χ1v) is 8.90. The number of piperidine rings is 1. The Kier molecular flexibility index (Phi) is 5.40. The van der Waals surface area contributed by atoms with E-state index in [0.717, 1.165) is 24.1 Å². The van der Waals surface area contributed by atoms with Gasteiger partial charge in [0.2, 0.25) is 11.8 Å². The highest BCUT2D eigenvalue weighted by molar-refractivity contribution is 5.88. The van der Waals surface area contributed by atoms with Crippen LogP contribution in [0.2, 0.25) is 0 Å². The Bertz CT molecular complexity index is 765. The summed E-state index contributed by atoms with van der Waals surface area (Å²) in [6.45, 7) is 7.50. The Morgan fingerprint density at radius 2 is 1.92 bits per heavy atom. The Hall–Kier alpha value is -2.63. The zero-order valence-electron chi connectivity index (χ0n) is 15.6. The predicted molar refractivity (Wildman–Crippen MR) is 99.4 cm³/mol. The second-order valence-electron chi connectivity index (χ2n) is 7.48. The molecule has 0 N–H and O–H groups in total. The molecule has 0 saturated carbocycles. The molecule has 0 bridgehead atoms. The lowest BCUT2D eigenvalue weighted by atomic mass is 9.93. The molecule has 1 amide bonds.